The van der Waals surface area contributed by atoms with Gasteiger partial charge in [0, 0.05) is 21.1 Å². The van der Waals surface area contributed by atoms with Crippen LogP contribution in [0.4, 0.5) is 10.8 Å². The molecule has 1 aromatic heterocycles. The number of hydrogen-bond donors (Lipinski definition) is 1. The average Bonchev–Trinajstić information content (AvgIpc) is 2.74. The van der Waals surface area contributed by atoms with E-state index in [4.69, 9.17) is 23.2 Å². The Hall–Kier alpha value is -1.30. The van der Waals surface area contributed by atoms with Crippen LogP contribution in [0.1, 0.15) is 5.69 Å². The molecule has 19 heavy (non-hydrogen) atoms. The Morgan fingerprint density at radius 2 is 2.05 bits per heavy atom. The quantitative estimate of drug-likeness (QED) is 0.869. The molecule has 2 rings (SSSR count). The van der Waals surface area contributed by atoms with Crippen molar-refractivity contribution in [2.45, 2.75) is 6.42 Å². The zero-order chi connectivity index (χ0) is 13.8. The van der Waals surface area contributed by atoms with Gasteiger partial charge in [-0.15, -0.1) is 11.3 Å². The van der Waals surface area contributed by atoms with Crippen molar-refractivity contribution in [3.8, 4) is 0 Å². The summed E-state index contributed by atoms with van der Waals surface area (Å²) in [4.78, 5) is 15.4. The summed E-state index contributed by atoms with van der Waals surface area (Å²) in [5.41, 5.74) is 1.41. The van der Waals surface area contributed by atoms with Gasteiger partial charge in [0.2, 0.25) is 0 Å². The van der Waals surface area contributed by atoms with Crippen LogP contribution in [0.15, 0.2) is 23.6 Å². The van der Waals surface area contributed by atoms with Crippen molar-refractivity contribution in [2.24, 2.45) is 0 Å². The highest BCUT2D eigenvalue weighted by atomic mass is 35.5. The molecular formula is C12H10Cl2N2O2S. The van der Waals surface area contributed by atoms with Gasteiger partial charge >= 0.3 is 5.97 Å². The molecule has 2 aromatic rings. The second-order valence-corrected chi connectivity index (χ2v) is 5.41. The maximum Gasteiger partial charge on any atom is 0.311 e. The van der Waals surface area contributed by atoms with Crippen molar-refractivity contribution >= 4 is 51.3 Å². The summed E-state index contributed by atoms with van der Waals surface area (Å²) in [6.07, 6.45) is 0.158. The zero-order valence-electron chi connectivity index (χ0n) is 9.94. The second kappa shape index (κ2) is 6.23. The lowest BCUT2D eigenvalue weighted by Gasteiger charge is -2.03. The number of esters is 1. The normalized spacial score (nSPS) is 10.3. The predicted molar refractivity (Wildman–Crippen MR) is 77.6 cm³/mol. The van der Waals surface area contributed by atoms with Crippen LogP contribution >= 0.6 is 34.5 Å². The molecule has 7 heteroatoms. The fourth-order valence-corrected chi connectivity index (χ4v) is 2.67. The Balaban J connectivity index is 2.09. The molecule has 0 amide bonds. The van der Waals surface area contributed by atoms with E-state index in [1.807, 2.05) is 0 Å². The molecule has 4 nitrogen and oxygen atoms in total. The van der Waals surface area contributed by atoms with Gasteiger partial charge in [0.05, 0.1) is 19.2 Å². The molecule has 0 spiro atoms. The lowest BCUT2D eigenvalue weighted by Crippen LogP contribution is -2.04. The number of aromatic nitrogens is 1. The first kappa shape index (κ1) is 14.1. The number of anilines is 2. The third-order valence-corrected chi connectivity index (χ3v) is 3.46. The molecule has 0 aliphatic carbocycles. The molecule has 0 aliphatic rings. The van der Waals surface area contributed by atoms with Crippen LogP contribution in [0, 0.1) is 0 Å². The average molecular weight is 317 g/mol. The summed E-state index contributed by atoms with van der Waals surface area (Å²) in [5, 5.41) is 6.63. The van der Waals surface area contributed by atoms with Gasteiger partial charge in [-0.2, -0.15) is 0 Å². The third-order valence-electron chi connectivity index (χ3n) is 2.22. The van der Waals surface area contributed by atoms with Crippen molar-refractivity contribution < 1.29 is 9.53 Å². The number of carbonyl (C=O) groups is 1. The van der Waals surface area contributed by atoms with Gasteiger partial charge < -0.3 is 10.1 Å². The minimum absolute atomic E-state index is 0.158. The predicted octanol–water partition coefficient (Wildman–Crippen LogP) is 3.91. The number of ether oxygens (including phenoxy) is 1. The van der Waals surface area contributed by atoms with Crippen molar-refractivity contribution in [1.82, 2.24) is 4.98 Å². The first-order chi connectivity index (χ1) is 9.06. The Morgan fingerprint density at radius 1 is 1.37 bits per heavy atom. The summed E-state index contributed by atoms with van der Waals surface area (Å²) < 4.78 is 4.58. The maximum atomic E-state index is 11.1. The number of hydrogen-bond acceptors (Lipinski definition) is 5. The van der Waals surface area contributed by atoms with Gasteiger partial charge in [-0.3, -0.25) is 4.79 Å². The van der Waals surface area contributed by atoms with Gasteiger partial charge in [-0.05, 0) is 18.2 Å². The Kier molecular flexibility index (Phi) is 4.63. The minimum atomic E-state index is -0.317. The third kappa shape index (κ3) is 4.09. The fourth-order valence-electron chi connectivity index (χ4n) is 1.42. The number of thiazole rings is 1. The molecule has 0 atom stereocenters. The SMILES string of the molecule is COC(=O)Cc1csc(Nc2cc(Cl)cc(Cl)c2)n1. The highest BCUT2D eigenvalue weighted by Crippen LogP contribution is 2.26. The van der Waals surface area contributed by atoms with Crippen LogP contribution in [0.2, 0.25) is 10.0 Å². The Bertz CT molecular complexity index is 581. The molecule has 1 N–H and O–H groups in total. The number of nitrogens with zero attached hydrogens (tertiary/aromatic N) is 1. The van der Waals surface area contributed by atoms with Gasteiger partial charge in [-0.25, -0.2) is 4.98 Å². The molecule has 0 saturated heterocycles. The standard InChI is InChI=1S/C12H10Cl2N2O2S/c1-18-11(17)5-10-6-19-12(16-10)15-9-3-7(13)2-8(14)4-9/h2-4,6H,5H2,1H3,(H,15,16). The van der Waals surface area contributed by atoms with Crippen LogP contribution in [0.5, 0.6) is 0 Å². The molecular weight excluding hydrogens is 307 g/mol. The number of benzene rings is 1. The monoisotopic (exact) mass is 316 g/mol. The van der Waals surface area contributed by atoms with Gasteiger partial charge in [0.25, 0.3) is 0 Å². The van der Waals surface area contributed by atoms with Crippen molar-refractivity contribution in [1.29, 1.82) is 0 Å². The van der Waals surface area contributed by atoms with Crippen LogP contribution in [-0.4, -0.2) is 18.1 Å². The zero-order valence-corrected chi connectivity index (χ0v) is 12.3. The molecule has 100 valence electrons. The molecule has 0 fully saturated rings. The van der Waals surface area contributed by atoms with Crippen LogP contribution in [0.3, 0.4) is 0 Å². The summed E-state index contributed by atoms with van der Waals surface area (Å²) in [6, 6.07) is 5.14. The number of halogens is 2. The summed E-state index contributed by atoms with van der Waals surface area (Å²) >= 11 is 13.2. The van der Waals surface area contributed by atoms with E-state index < -0.39 is 0 Å². The van der Waals surface area contributed by atoms with E-state index in [0.29, 0.717) is 20.9 Å². The summed E-state index contributed by atoms with van der Waals surface area (Å²) in [6.45, 7) is 0. The lowest BCUT2D eigenvalue weighted by molar-refractivity contribution is -0.139. The Labute approximate surface area is 124 Å². The maximum absolute atomic E-state index is 11.1. The first-order valence-corrected chi connectivity index (χ1v) is 6.94. The van der Waals surface area contributed by atoms with E-state index in [-0.39, 0.29) is 12.4 Å². The van der Waals surface area contributed by atoms with Crippen LogP contribution < -0.4 is 5.32 Å². The number of carbonyl (C=O) groups excluding carboxylic acids is 1. The van der Waals surface area contributed by atoms with E-state index in [0.717, 1.165) is 5.69 Å². The topological polar surface area (TPSA) is 51.2 Å². The minimum Gasteiger partial charge on any atom is -0.469 e. The summed E-state index contributed by atoms with van der Waals surface area (Å²) in [7, 11) is 1.35. The van der Waals surface area contributed by atoms with E-state index in [1.54, 1.807) is 23.6 Å². The fraction of sp³-hybridized carbons (Fsp3) is 0.167. The van der Waals surface area contributed by atoms with Crippen molar-refractivity contribution in [3.63, 3.8) is 0 Å². The van der Waals surface area contributed by atoms with Crippen molar-refractivity contribution in [3.05, 3.63) is 39.3 Å². The largest absolute Gasteiger partial charge is 0.469 e. The van der Waals surface area contributed by atoms with Crippen molar-refractivity contribution in [2.75, 3.05) is 12.4 Å². The van der Waals surface area contributed by atoms with E-state index in [9.17, 15) is 4.79 Å². The van der Waals surface area contributed by atoms with Crippen LogP contribution in [0.25, 0.3) is 0 Å². The molecule has 0 unspecified atom stereocenters. The molecule has 0 saturated carbocycles. The molecule has 1 heterocycles. The highest BCUT2D eigenvalue weighted by molar-refractivity contribution is 7.13. The van der Waals surface area contributed by atoms with Gasteiger partial charge in [0.1, 0.15) is 0 Å². The number of rotatable bonds is 4. The summed E-state index contributed by atoms with van der Waals surface area (Å²) in [5.74, 6) is -0.317. The van der Waals surface area contributed by atoms with E-state index >= 15 is 0 Å². The molecule has 0 aliphatic heterocycles. The van der Waals surface area contributed by atoms with E-state index in [2.05, 4.69) is 15.0 Å². The highest BCUT2D eigenvalue weighted by Gasteiger charge is 2.08. The molecule has 0 bridgehead atoms. The molecule has 1 aromatic carbocycles. The second-order valence-electron chi connectivity index (χ2n) is 3.68. The number of nitrogens with one attached hydrogen (secondary N) is 1. The smallest absolute Gasteiger partial charge is 0.311 e. The lowest BCUT2D eigenvalue weighted by atomic mass is 10.3. The number of methoxy groups -OCH3 is 1. The molecule has 0 radical (unpaired) electrons. The van der Waals surface area contributed by atoms with E-state index in [1.165, 1.54) is 18.4 Å². The Morgan fingerprint density at radius 3 is 2.68 bits per heavy atom. The first-order valence-electron chi connectivity index (χ1n) is 5.31. The van der Waals surface area contributed by atoms with Gasteiger partial charge in [0.15, 0.2) is 5.13 Å². The van der Waals surface area contributed by atoms with Gasteiger partial charge in [-0.1, -0.05) is 23.2 Å². The van der Waals surface area contributed by atoms with Crippen LogP contribution in [-0.2, 0) is 16.0 Å².